The van der Waals surface area contributed by atoms with Crippen LogP contribution < -0.4 is 0 Å². The Hall–Kier alpha value is -3.12. The van der Waals surface area contributed by atoms with Gasteiger partial charge < -0.3 is 4.90 Å². The molecule has 2 aromatic rings. The Kier molecular flexibility index (Phi) is 4.88. The molecule has 0 amide bonds. The lowest BCUT2D eigenvalue weighted by Crippen LogP contribution is -2.21. The molecular formula is C25H24N2O. The van der Waals surface area contributed by atoms with Gasteiger partial charge in [-0.05, 0) is 55.0 Å². The summed E-state index contributed by atoms with van der Waals surface area (Å²) < 4.78 is 0. The van der Waals surface area contributed by atoms with Crippen LogP contribution in [0.15, 0.2) is 66.5 Å². The van der Waals surface area contributed by atoms with Crippen LogP contribution in [-0.2, 0) is 13.0 Å². The van der Waals surface area contributed by atoms with E-state index in [2.05, 4.69) is 44.2 Å². The molecule has 0 radical (unpaired) electrons. The maximum atomic E-state index is 12.9. The molecule has 0 saturated carbocycles. The molecular weight excluding hydrogens is 344 g/mol. The van der Waals surface area contributed by atoms with Crippen LogP contribution in [0.25, 0.3) is 0 Å². The van der Waals surface area contributed by atoms with E-state index in [-0.39, 0.29) is 17.6 Å². The third kappa shape index (κ3) is 3.51. The Morgan fingerprint density at radius 3 is 2.64 bits per heavy atom. The van der Waals surface area contributed by atoms with E-state index in [0.29, 0.717) is 6.42 Å². The summed E-state index contributed by atoms with van der Waals surface area (Å²) in [6, 6.07) is 16.8. The van der Waals surface area contributed by atoms with Gasteiger partial charge in [0.25, 0.3) is 0 Å². The number of nitriles is 1. The standard InChI is InChI=1S/C25H24N2O/c1-17-10-21-13-22(25(28)24(21)11-18(17)2)12-20-8-9-27(16-23(20)14-26)15-19-6-4-3-5-7-19/h3-11,16,20,22H,12-13,15H2,1-2H3. The molecule has 2 aromatic carbocycles. The van der Waals surface area contributed by atoms with Gasteiger partial charge in [-0.2, -0.15) is 5.26 Å². The first-order valence-corrected chi connectivity index (χ1v) is 9.79. The second-order valence-corrected chi connectivity index (χ2v) is 7.90. The van der Waals surface area contributed by atoms with Crippen molar-refractivity contribution in [3.63, 3.8) is 0 Å². The fourth-order valence-corrected chi connectivity index (χ4v) is 4.19. The number of ketones is 1. The zero-order valence-corrected chi connectivity index (χ0v) is 16.4. The molecule has 1 aliphatic heterocycles. The van der Waals surface area contributed by atoms with Gasteiger partial charge in [-0.1, -0.05) is 42.5 Å². The molecule has 0 bridgehead atoms. The molecule has 0 aromatic heterocycles. The Morgan fingerprint density at radius 2 is 1.89 bits per heavy atom. The third-order valence-electron chi connectivity index (χ3n) is 5.91. The van der Waals surface area contributed by atoms with Gasteiger partial charge >= 0.3 is 0 Å². The highest BCUT2D eigenvalue weighted by molar-refractivity contribution is 6.02. The molecule has 3 heteroatoms. The summed E-state index contributed by atoms with van der Waals surface area (Å²) in [4.78, 5) is 14.9. The Morgan fingerprint density at radius 1 is 1.14 bits per heavy atom. The number of carbonyl (C=O) groups excluding carboxylic acids is 1. The zero-order valence-electron chi connectivity index (χ0n) is 16.4. The minimum atomic E-state index is -0.0386. The van der Waals surface area contributed by atoms with Crippen LogP contribution in [0.2, 0.25) is 0 Å². The number of aryl methyl sites for hydroxylation is 2. The van der Waals surface area contributed by atoms with Crippen molar-refractivity contribution in [2.45, 2.75) is 33.2 Å². The summed E-state index contributed by atoms with van der Waals surface area (Å²) in [5.74, 6) is 0.196. The number of Topliss-reactive ketones (excluding diaryl/α,β-unsaturated/α-hetero) is 1. The summed E-state index contributed by atoms with van der Waals surface area (Å²) >= 11 is 0. The van der Waals surface area contributed by atoms with Crippen molar-refractivity contribution >= 4 is 5.78 Å². The van der Waals surface area contributed by atoms with Crippen LogP contribution in [-0.4, -0.2) is 10.7 Å². The first-order chi connectivity index (χ1) is 13.5. The molecule has 0 N–H and O–H groups in total. The lowest BCUT2D eigenvalue weighted by Gasteiger charge is -2.25. The van der Waals surface area contributed by atoms with E-state index < -0.39 is 0 Å². The van der Waals surface area contributed by atoms with Crippen LogP contribution in [0, 0.1) is 37.0 Å². The van der Waals surface area contributed by atoms with Crippen molar-refractivity contribution in [2.75, 3.05) is 0 Å². The molecule has 2 aliphatic rings. The maximum absolute atomic E-state index is 12.9. The van der Waals surface area contributed by atoms with E-state index in [4.69, 9.17) is 0 Å². The molecule has 1 heterocycles. The lowest BCUT2D eigenvalue weighted by atomic mass is 9.86. The summed E-state index contributed by atoms with van der Waals surface area (Å²) in [7, 11) is 0. The highest BCUT2D eigenvalue weighted by atomic mass is 16.1. The number of fused-ring (bicyclic) bond motifs is 1. The van der Waals surface area contributed by atoms with Gasteiger partial charge in [-0.15, -0.1) is 0 Å². The number of hydrogen-bond acceptors (Lipinski definition) is 3. The number of rotatable bonds is 4. The molecule has 0 saturated heterocycles. The SMILES string of the molecule is Cc1cc2c(cc1C)C(=O)C(CC1C=CN(Cc3ccccc3)C=C1C#N)C2. The van der Waals surface area contributed by atoms with E-state index in [1.165, 1.54) is 16.7 Å². The van der Waals surface area contributed by atoms with Crippen molar-refractivity contribution in [3.8, 4) is 6.07 Å². The van der Waals surface area contributed by atoms with Crippen LogP contribution in [0.3, 0.4) is 0 Å². The van der Waals surface area contributed by atoms with Crippen molar-refractivity contribution in [1.29, 1.82) is 5.26 Å². The van der Waals surface area contributed by atoms with E-state index in [1.807, 2.05) is 41.6 Å². The quantitative estimate of drug-likeness (QED) is 0.754. The van der Waals surface area contributed by atoms with Gasteiger partial charge in [0.15, 0.2) is 5.78 Å². The van der Waals surface area contributed by atoms with Gasteiger partial charge in [0.05, 0.1) is 11.6 Å². The number of hydrogen-bond donors (Lipinski definition) is 0. The second-order valence-electron chi connectivity index (χ2n) is 7.90. The normalized spacial score (nSPS) is 20.7. The Balaban J connectivity index is 1.47. The Labute approximate surface area is 166 Å². The summed E-state index contributed by atoms with van der Waals surface area (Å²) in [6.07, 6.45) is 7.53. The largest absolute Gasteiger partial charge is 0.349 e. The molecule has 0 fully saturated rings. The second kappa shape index (κ2) is 7.48. The Bertz CT molecular complexity index is 1010. The van der Waals surface area contributed by atoms with Crippen molar-refractivity contribution in [2.24, 2.45) is 11.8 Å². The number of nitrogens with zero attached hydrogens (tertiary/aromatic N) is 2. The van der Waals surface area contributed by atoms with Crippen molar-refractivity contribution < 1.29 is 4.79 Å². The van der Waals surface area contributed by atoms with E-state index in [9.17, 15) is 10.1 Å². The van der Waals surface area contributed by atoms with Gasteiger partial charge in [-0.25, -0.2) is 0 Å². The number of allylic oxidation sites excluding steroid dienone is 2. The van der Waals surface area contributed by atoms with Crippen LogP contribution in [0.1, 0.15) is 39.0 Å². The minimum absolute atomic E-state index is 0.00230. The molecule has 2 unspecified atom stereocenters. The predicted octanol–water partition coefficient (Wildman–Crippen LogP) is 5.10. The fraction of sp³-hybridized carbons (Fsp3) is 0.280. The van der Waals surface area contributed by atoms with E-state index in [1.54, 1.807) is 0 Å². The summed E-state index contributed by atoms with van der Waals surface area (Å²) in [6.45, 7) is 4.88. The first-order valence-electron chi connectivity index (χ1n) is 9.79. The minimum Gasteiger partial charge on any atom is -0.349 e. The zero-order chi connectivity index (χ0) is 19.7. The molecule has 2 atom stereocenters. The van der Waals surface area contributed by atoms with Gasteiger partial charge in [0, 0.05) is 36.3 Å². The van der Waals surface area contributed by atoms with Gasteiger partial charge in [-0.3, -0.25) is 4.79 Å². The number of carbonyl (C=O) groups is 1. The molecule has 0 spiro atoms. The number of benzene rings is 2. The summed E-state index contributed by atoms with van der Waals surface area (Å²) in [5.41, 5.74) is 6.37. The third-order valence-corrected chi connectivity index (χ3v) is 5.91. The fourth-order valence-electron chi connectivity index (χ4n) is 4.19. The van der Waals surface area contributed by atoms with Crippen molar-refractivity contribution in [3.05, 3.63) is 94.3 Å². The maximum Gasteiger partial charge on any atom is 0.166 e. The molecule has 28 heavy (non-hydrogen) atoms. The van der Waals surface area contributed by atoms with E-state index >= 15 is 0 Å². The van der Waals surface area contributed by atoms with Crippen molar-refractivity contribution in [1.82, 2.24) is 4.90 Å². The average Bonchev–Trinajstić information content (AvgIpc) is 2.99. The smallest absolute Gasteiger partial charge is 0.166 e. The van der Waals surface area contributed by atoms with Crippen LogP contribution >= 0.6 is 0 Å². The predicted molar refractivity (Wildman–Crippen MR) is 110 cm³/mol. The molecule has 4 rings (SSSR count). The van der Waals surface area contributed by atoms with Gasteiger partial charge in [0.2, 0.25) is 0 Å². The summed E-state index contributed by atoms with van der Waals surface area (Å²) in [5, 5.41) is 9.67. The lowest BCUT2D eigenvalue weighted by molar-refractivity contribution is 0.0926. The molecule has 3 nitrogen and oxygen atoms in total. The van der Waals surface area contributed by atoms with Crippen LogP contribution in [0.4, 0.5) is 0 Å². The van der Waals surface area contributed by atoms with Gasteiger partial charge in [0.1, 0.15) is 0 Å². The average molecular weight is 368 g/mol. The molecule has 140 valence electrons. The van der Waals surface area contributed by atoms with E-state index in [0.717, 1.165) is 29.7 Å². The molecule has 1 aliphatic carbocycles. The first kappa shape index (κ1) is 18.3. The highest BCUT2D eigenvalue weighted by Gasteiger charge is 2.33. The highest BCUT2D eigenvalue weighted by Crippen LogP contribution is 2.35. The monoisotopic (exact) mass is 368 g/mol. The van der Waals surface area contributed by atoms with Crippen LogP contribution in [0.5, 0.6) is 0 Å². The topological polar surface area (TPSA) is 44.1 Å².